The Morgan fingerprint density at radius 1 is 1.04 bits per heavy atom. The summed E-state index contributed by atoms with van der Waals surface area (Å²) in [6.45, 7) is 0.921. The van der Waals surface area contributed by atoms with Crippen LogP contribution in [-0.4, -0.2) is 41.4 Å². The summed E-state index contributed by atoms with van der Waals surface area (Å²) in [5.74, 6) is 2.63. The molecule has 2 N–H and O–H groups in total. The lowest BCUT2D eigenvalue weighted by atomic mass is 9.49. The van der Waals surface area contributed by atoms with Gasteiger partial charge in [0.15, 0.2) is 0 Å². The Morgan fingerprint density at radius 3 is 2.25 bits per heavy atom. The van der Waals surface area contributed by atoms with Crippen molar-refractivity contribution >= 4 is 17.8 Å². The first-order valence-electron chi connectivity index (χ1n) is 11.4. The molecule has 5 saturated carbocycles. The molecule has 1 aliphatic heterocycles. The Balaban J connectivity index is 1.08. The summed E-state index contributed by atoms with van der Waals surface area (Å²) in [5, 5.41) is 5.94. The molecular formula is C22H33N3O3. The van der Waals surface area contributed by atoms with Gasteiger partial charge in [-0.3, -0.25) is 14.5 Å². The minimum atomic E-state index is -0.675. The molecule has 154 valence electrons. The Bertz CT molecular complexity index is 647. The van der Waals surface area contributed by atoms with Gasteiger partial charge in [0, 0.05) is 19.5 Å². The number of urea groups is 1. The molecule has 0 aromatic carbocycles. The molecule has 28 heavy (non-hydrogen) atoms. The van der Waals surface area contributed by atoms with Gasteiger partial charge in [-0.05, 0) is 81.0 Å². The number of nitrogens with one attached hydrogen (secondary N) is 2. The van der Waals surface area contributed by atoms with Crippen molar-refractivity contribution in [2.24, 2.45) is 23.2 Å². The van der Waals surface area contributed by atoms with E-state index in [1.54, 1.807) is 0 Å². The smallest absolute Gasteiger partial charge is 0.325 e. The predicted molar refractivity (Wildman–Crippen MR) is 104 cm³/mol. The number of hydrogen-bond donors (Lipinski definition) is 2. The van der Waals surface area contributed by atoms with E-state index in [-0.39, 0.29) is 30.8 Å². The number of nitrogens with zero attached hydrogens (tertiary/aromatic N) is 1. The quantitative estimate of drug-likeness (QED) is 0.688. The number of hydrogen-bond acceptors (Lipinski definition) is 3. The van der Waals surface area contributed by atoms with Crippen LogP contribution in [0.2, 0.25) is 0 Å². The Morgan fingerprint density at radius 2 is 1.64 bits per heavy atom. The summed E-state index contributed by atoms with van der Waals surface area (Å²) in [5.41, 5.74) is -0.201. The zero-order valence-electron chi connectivity index (χ0n) is 16.8. The van der Waals surface area contributed by atoms with E-state index in [4.69, 9.17) is 0 Å². The van der Waals surface area contributed by atoms with E-state index in [1.807, 2.05) is 0 Å². The molecule has 0 radical (unpaired) electrons. The molecule has 4 bridgehead atoms. The average molecular weight is 388 g/mol. The molecule has 0 aromatic heterocycles. The first-order chi connectivity index (χ1) is 13.5. The average Bonchev–Trinajstić information content (AvgIpc) is 3.18. The number of rotatable bonds is 6. The number of carbonyl (C=O) groups is 3. The van der Waals surface area contributed by atoms with Crippen LogP contribution in [0.15, 0.2) is 0 Å². The highest BCUT2D eigenvalue weighted by atomic mass is 16.2. The summed E-state index contributed by atoms with van der Waals surface area (Å²) in [4.78, 5) is 38.4. The molecule has 6 heteroatoms. The highest BCUT2D eigenvalue weighted by Crippen LogP contribution is 2.61. The molecule has 1 saturated heterocycles. The van der Waals surface area contributed by atoms with Gasteiger partial charge in [-0.2, -0.15) is 0 Å². The van der Waals surface area contributed by atoms with E-state index in [1.165, 1.54) is 43.4 Å². The second-order valence-electron chi connectivity index (χ2n) is 10.4. The van der Waals surface area contributed by atoms with Gasteiger partial charge in [0.25, 0.3) is 5.91 Å². The van der Waals surface area contributed by atoms with Crippen molar-refractivity contribution in [3.63, 3.8) is 0 Å². The monoisotopic (exact) mass is 387 g/mol. The molecule has 4 amide bonds. The molecule has 0 unspecified atom stereocenters. The minimum Gasteiger partial charge on any atom is -0.356 e. The maximum Gasteiger partial charge on any atom is 0.325 e. The first-order valence-corrected chi connectivity index (χ1v) is 11.4. The van der Waals surface area contributed by atoms with Crippen molar-refractivity contribution < 1.29 is 14.4 Å². The molecule has 1 heterocycles. The van der Waals surface area contributed by atoms with E-state index in [2.05, 4.69) is 10.6 Å². The van der Waals surface area contributed by atoms with Crippen molar-refractivity contribution in [3.05, 3.63) is 0 Å². The van der Waals surface area contributed by atoms with Gasteiger partial charge < -0.3 is 10.6 Å². The van der Waals surface area contributed by atoms with Gasteiger partial charge in [0.2, 0.25) is 5.91 Å². The van der Waals surface area contributed by atoms with Crippen molar-refractivity contribution in [2.45, 2.75) is 82.6 Å². The highest BCUT2D eigenvalue weighted by molar-refractivity contribution is 6.07. The fraction of sp³-hybridized carbons (Fsp3) is 0.864. The van der Waals surface area contributed by atoms with Crippen LogP contribution < -0.4 is 10.6 Å². The van der Waals surface area contributed by atoms with Crippen molar-refractivity contribution in [3.8, 4) is 0 Å². The fourth-order valence-corrected chi connectivity index (χ4v) is 7.56. The third-order valence-corrected chi connectivity index (χ3v) is 8.41. The van der Waals surface area contributed by atoms with Crippen LogP contribution in [0.3, 0.4) is 0 Å². The van der Waals surface area contributed by atoms with E-state index >= 15 is 0 Å². The second kappa shape index (κ2) is 6.74. The topological polar surface area (TPSA) is 78.5 Å². The van der Waals surface area contributed by atoms with Crippen LogP contribution in [0.4, 0.5) is 4.79 Å². The van der Waals surface area contributed by atoms with Gasteiger partial charge in [-0.15, -0.1) is 0 Å². The summed E-state index contributed by atoms with van der Waals surface area (Å²) in [6.07, 6.45) is 13.1. The minimum absolute atomic E-state index is 0.0438. The number of imide groups is 1. The summed E-state index contributed by atoms with van der Waals surface area (Å²) in [7, 11) is 0. The predicted octanol–water partition coefficient (Wildman–Crippen LogP) is 2.96. The molecule has 6 rings (SSSR count). The molecule has 1 spiro atoms. The van der Waals surface area contributed by atoms with Gasteiger partial charge >= 0.3 is 6.03 Å². The molecular weight excluding hydrogens is 354 g/mol. The summed E-state index contributed by atoms with van der Waals surface area (Å²) < 4.78 is 0. The Kier molecular flexibility index (Phi) is 4.44. The van der Waals surface area contributed by atoms with E-state index in [0.717, 1.165) is 56.4 Å². The molecule has 6 fully saturated rings. The molecule has 6 nitrogen and oxygen atoms in total. The van der Waals surface area contributed by atoms with Crippen LogP contribution in [0.1, 0.15) is 77.0 Å². The van der Waals surface area contributed by atoms with Gasteiger partial charge in [-0.25, -0.2) is 4.79 Å². The van der Waals surface area contributed by atoms with E-state index < -0.39 is 5.54 Å². The number of carbonyl (C=O) groups excluding carboxylic acids is 3. The first kappa shape index (κ1) is 18.4. The lowest BCUT2D eigenvalue weighted by Crippen LogP contribution is -2.47. The number of amides is 4. The molecule has 5 aliphatic carbocycles. The largest absolute Gasteiger partial charge is 0.356 e. The summed E-state index contributed by atoms with van der Waals surface area (Å²) in [6, 6.07) is -0.326. The van der Waals surface area contributed by atoms with Crippen molar-refractivity contribution in [1.82, 2.24) is 15.5 Å². The van der Waals surface area contributed by atoms with Gasteiger partial charge in [-0.1, -0.05) is 12.8 Å². The van der Waals surface area contributed by atoms with Crippen LogP contribution in [0.25, 0.3) is 0 Å². The SMILES string of the molecule is O=C(CCN1C(=O)NC2(CCCC2)C1=O)NCCC12CC3CC(CC(C3)C1)C2. The van der Waals surface area contributed by atoms with Crippen LogP contribution in [0, 0.1) is 23.2 Å². The lowest BCUT2D eigenvalue weighted by molar-refractivity contribution is -0.131. The van der Waals surface area contributed by atoms with Crippen LogP contribution in [0.5, 0.6) is 0 Å². The van der Waals surface area contributed by atoms with E-state index in [0.29, 0.717) is 5.41 Å². The molecule has 6 aliphatic rings. The van der Waals surface area contributed by atoms with Gasteiger partial charge in [0.05, 0.1) is 0 Å². The third-order valence-electron chi connectivity index (χ3n) is 8.41. The van der Waals surface area contributed by atoms with Crippen molar-refractivity contribution in [1.29, 1.82) is 0 Å². The van der Waals surface area contributed by atoms with Crippen LogP contribution in [-0.2, 0) is 9.59 Å². The maximum atomic E-state index is 12.6. The lowest BCUT2D eigenvalue weighted by Gasteiger charge is -2.57. The van der Waals surface area contributed by atoms with Crippen LogP contribution >= 0.6 is 0 Å². The normalized spacial score (nSPS) is 37.7. The standard InChI is InChI=1S/C22H33N3O3/c26-18(3-8-25-19(27)22(24-20(25)28)4-1-2-5-22)23-7-6-21-12-15-9-16(13-21)11-17(10-15)14-21/h15-17H,1-14H2,(H,23,26)(H,24,28). The molecule has 0 aromatic rings. The third kappa shape index (κ3) is 3.13. The maximum absolute atomic E-state index is 12.6. The fourth-order valence-electron chi connectivity index (χ4n) is 7.56. The van der Waals surface area contributed by atoms with E-state index in [9.17, 15) is 14.4 Å². The Labute approximate surface area is 167 Å². The van der Waals surface area contributed by atoms with Crippen molar-refractivity contribution in [2.75, 3.05) is 13.1 Å². The highest BCUT2D eigenvalue weighted by Gasteiger charge is 2.52. The Hall–Kier alpha value is -1.59. The second-order valence-corrected chi connectivity index (χ2v) is 10.4. The summed E-state index contributed by atoms with van der Waals surface area (Å²) >= 11 is 0. The zero-order chi connectivity index (χ0) is 19.4. The molecule has 0 atom stereocenters. The van der Waals surface area contributed by atoms with Gasteiger partial charge in [0.1, 0.15) is 5.54 Å². The zero-order valence-corrected chi connectivity index (χ0v) is 16.8.